The summed E-state index contributed by atoms with van der Waals surface area (Å²) < 4.78 is 7.25. The van der Waals surface area contributed by atoms with Crippen LogP contribution in [0.1, 0.15) is 38.1 Å². The standard InChI is InChI=1S/C25H27N7O2/c1-5-32-22(17-12-26-15(2)27-13-17)31-21-20(28-14-29-23(21)32)16-7-8-19-18(11-16)25(3,24(33)30-19)9-6-10-34-4/h7-8,11-14H,5-6,9-10H2,1-4H3,(H,30,33). The molecule has 1 atom stereocenters. The van der Waals surface area contributed by atoms with E-state index in [2.05, 4.69) is 38.2 Å². The molecule has 0 bridgehead atoms. The lowest BCUT2D eigenvalue weighted by Crippen LogP contribution is -2.31. The molecular weight excluding hydrogens is 430 g/mol. The highest BCUT2D eigenvalue weighted by Crippen LogP contribution is 2.43. The van der Waals surface area contributed by atoms with Crippen molar-refractivity contribution in [3.05, 3.63) is 48.3 Å². The highest BCUT2D eigenvalue weighted by atomic mass is 16.5. The predicted molar refractivity (Wildman–Crippen MR) is 129 cm³/mol. The zero-order valence-corrected chi connectivity index (χ0v) is 19.8. The van der Waals surface area contributed by atoms with Crippen molar-refractivity contribution in [3.63, 3.8) is 0 Å². The number of rotatable bonds is 7. The number of imidazole rings is 1. The molecule has 1 aromatic carbocycles. The molecule has 5 rings (SSSR count). The summed E-state index contributed by atoms with van der Waals surface area (Å²) in [5.41, 5.74) is 5.10. The number of fused-ring (bicyclic) bond motifs is 2. The van der Waals surface area contributed by atoms with Gasteiger partial charge in [0.25, 0.3) is 0 Å². The Kier molecular flexibility index (Phi) is 5.57. The summed E-state index contributed by atoms with van der Waals surface area (Å²) in [6.07, 6.45) is 6.62. The van der Waals surface area contributed by atoms with Gasteiger partial charge in [-0.15, -0.1) is 0 Å². The molecule has 9 nitrogen and oxygen atoms in total. The minimum absolute atomic E-state index is 0.0144. The summed E-state index contributed by atoms with van der Waals surface area (Å²) in [5.74, 6) is 1.47. The fraction of sp³-hybridized carbons (Fsp3) is 0.360. The van der Waals surface area contributed by atoms with Gasteiger partial charge in [0.2, 0.25) is 5.91 Å². The molecule has 4 heterocycles. The number of carbonyl (C=O) groups is 1. The summed E-state index contributed by atoms with van der Waals surface area (Å²) >= 11 is 0. The number of anilines is 1. The number of carbonyl (C=O) groups excluding carboxylic acids is 1. The molecule has 0 fully saturated rings. The van der Waals surface area contributed by atoms with E-state index in [0.717, 1.165) is 46.0 Å². The number of aromatic nitrogens is 6. The van der Waals surface area contributed by atoms with Gasteiger partial charge < -0.3 is 14.6 Å². The van der Waals surface area contributed by atoms with Gasteiger partial charge >= 0.3 is 0 Å². The molecule has 1 aliphatic heterocycles. The molecule has 1 N–H and O–H groups in total. The molecule has 0 saturated carbocycles. The molecule has 0 spiro atoms. The Balaban J connectivity index is 1.63. The van der Waals surface area contributed by atoms with Crippen LogP contribution in [0.4, 0.5) is 5.69 Å². The number of nitrogens with one attached hydrogen (secondary N) is 1. The van der Waals surface area contributed by atoms with E-state index >= 15 is 0 Å². The van der Waals surface area contributed by atoms with E-state index < -0.39 is 5.41 Å². The minimum atomic E-state index is -0.622. The maximum atomic E-state index is 12.9. The van der Waals surface area contributed by atoms with Gasteiger partial charge in [0.1, 0.15) is 29.2 Å². The third kappa shape index (κ3) is 3.52. The average Bonchev–Trinajstić information content (AvgIpc) is 3.34. The molecule has 34 heavy (non-hydrogen) atoms. The number of hydrogen-bond donors (Lipinski definition) is 1. The molecule has 1 amide bonds. The first-order chi connectivity index (χ1) is 16.5. The third-order valence-electron chi connectivity index (χ3n) is 6.55. The molecular formula is C25H27N7O2. The van der Waals surface area contributed by atoms with Crippen LogP contribution in [0, 0.1) is 6.92 Å². The highest BCUT2D eigenvalue weighted by molar-refractivity contribution is 6.06. The number of hydrogen-bond acceptors (Lipinski definition) is 7. The van der Waals surface area contributed by atoms with Crippen LogP contribution >= 0.6 is 0 Å². The zero-order valence-electron chi connectivity index (χ0n) is 19.8. The fourth-order valence-electron chi connectivity index (χ4n) is 4.63. The van der Waals surface area contributed by atoms with Crippen molar-refractivity contribution in [2.75, 3.05) is 19.0 Å². The van der Waals surface area contributed by atoms with Gasteiger partial charge in [0.15, 0.2) is 5.65 Å². The van der Waals surface area contributed by atoms with Gasteiger partial charge in [-0.05, 0) is 51.3 Å². The second-order valence-electron chi connectivity index (χ2n) is 8.74. The van der Waals surface area contributed by atoms with Crippen molar-refractivity contribution in [1.29, 1.82) is 0 Å². The molecule has 174 valence electrons. The van der Waals surface area contributed by atoms with Crippen LogP contribution < -0.4 is 5.32 Å². The minimum Gasteiger partial charge on any atom is -0.385 e. The summed E-state index contributed by atoms with van der Waals surface area (Å²) in [4.78, 5) is 35.6. The monoisotopic (exact) mass is 457 g/mol. The van der Waals surface area contributed by atoms with E-state index in [1.807, 2.05) is 30.5 Å². The largest absolute Gasteiger partial charge is 0.385 e. The highest BCUT2D eigenvalue weighted by Gasteiger charge is 2.42. The smallest absolute Gasteiger partial charge is 0.234 e. The molecule has 4 aromatic rings. The quantitative estimate of drug-likeness (QED) is 0.419. The van der Waals surface area contributed by atoms with Gasteiger partial charge in [-0.1, -0.05) is 6.07 Å². The van der Waals surface area contributed by atoms with Crippen LogP contribution in [0.5, 0.6) is 0 Å². The van der Waals surface area contributed by atoms with Crippen LogP contribution in [0.15, 0.2) is 36.9 Å². The Morgan fingerprint density at radius 1 is 1.12 bits per heavy atom. The normalized spacial score (nSPS) is 17.2. The molecule has 3 aromatic heterocycles. The SMILES string of the molecule is CCn1c(-c2cnc(C)nc2)nc2c(-c3ccc4c(c3)C(C)(CCCOC)C(=O)N4)ncnc21. The Hall–Kier alpha value is -3.72. The maximum Gasteiger partial charge on any atom is 0.234 e. The second-order valence-corrected chi connectivity index (χ2v) is 8.74. The van der Waals surface area contributed by atoms with E-state index in [-0.39, 0.29) is 5.91 Å². The lowest BCUT2D eigenvalue weighted by molar-refractivity contribution is -0.120. The number of benzene rings is 1. The van der Waals surface area contributed by atoms with Crippen molar-refractivity contribution >= 4 is 22.8 Å². The zero-order chi connectivity index (χ0) is 23.9. The Morgan fingerprint density at radius 3 is 2.65 bits per heavy atom. The van der Waals surface area contributed by atoms with Gasteiger partial charge in [-0.25, -0.2) is 24.9 Å². The molecule has 0 radical (unpaired) electrons. The number of ether oxygens (including phenoxy) is 1. The van der Waals surface area contributed by atoms with Gasteiger partial charge in [-0.3, -0.25) is 4.79 Å². The van der Waals surface area contributed by atoms with Crippen molar-refractivity contribution < 1.29 is 9.53 Å². The summed E-state index contributed by atoms with van der Waals surface area (Å²) in [6.45, 7) is 7.21. The summed E-state index contributed by atoms with van der Waals surface area (Å²) in [6, 6.07) is 5.98. The first-order valence-corrected chi connectivity index (χ1v) is 11.4. The fourth-order valence-corrected chi connectivity index (χ4v) is 4.63. The average molecular weight is 458 g/mol. The second kappa shape index (κ2) is 8.57. The van der Waals surface area contributed by atoms with Crippen LogP contribution in [0.2, 0.25) is 0 Å². The maximum absolute atomic E-state index is 12.9. The topological polar surface area (TPSA) is 108 Å². The summed E-state index contributed by atoms with van der Waals surface area (Å²) in [7, 11) is 1.68. The van der Waals surface area contributed by atoms with Crippen molar-refractivity contribution in [3.8, 4) is 22.6 Å². The van der Waals surface area contributed by atoms with Gasteiger partial charge in [-0.2, -0.15) is 0 Å². The van der Waals surface area contributed by atoms with E-state index in [4.69, 9.17) is 9.72 Å². The molecule has 0 saturated heterocycles. The Bertz CT molecular complexity index is 1380. The number of nitrogens with zero attached hydrogens (tertiary/aromatic N) is 6. The van der Waals surface area contributed by atoms with Crippen molar-refractivity contribution in [1.82, 2.24) is 29.5 Å². The molecule has 9 heteroatoms. The lowest BCUT2D eigenvalue weighted by Gasteiger charge is -2.22. The van der Waals surface area contributed by atoms with Crippen molar-refractivity contribution in [2.24, 2.45) is 0 Å². The number of methoxy groups -OCH3 is 1. The summed E-state index contributed by atoms with van der Waals surface area (Å²) in [5, 5.41) is 3.03. The lowest BCUT2D eigenvalue weighted by atomic mass is 9.79. The van der Waals surface area contributed by atoms with Crippen LogP contribution in [0.3, 0.4) is 0 Å². The van der Waals surface area contributed by atoms with Gasteiger partial charge in [0.05, 0.1) is 11.0 Å². The van der Waals surface area contributed by atoms with E-state index in [9.17, 15) is 4.79 Å². The third-order valence-corrected chi connectivity index (χ3v) is 6.55. The predicted octanol–water partition coefficient (Wildman–Crippen LogP) is 3.92. The van der Waals surface area contributed by atoms with Crippen LogP contribution in [-0.2, 0) is 21.5 Å². The van der Waals surface area contributed by atoms with Crippen LogP contribution in [0.25, 0.3) is 33.8 Å². The number of amides is 1. The van der Waals surface area contributed by atoms with Gasteiger partial charge in [0, 0.05) is 43.9 Å². The molecule has 0 aliphatic carbocycles. The van der Waals surface area contributed by atoms with E-state index in [1.165, 1.54) is 0 Å². The van der Waals surface area contributed by atoms with E-state index in [0.29, 0.717) is 30.9 Å². The van der Waals surface area contributed by atoms with Crippen LogP contribution in [-0.4, -0.2) is 49.1 Å². The van der Waals surface area contributed by atoms with Crippen molar-refractivity contribution in [2.45, 2.75) is 45.6 Å². The van der Waals surface area contributed by atoms with E-state index in [1.54, 1.807) is 25.8 Å². The number of aryl methyl sites for hydroxylation is 2. The Labute approximate surface area is 197 Å². The first kappa shape index (κ1) is 22.1. The molecule has 1 unspecified atom stereocenters. The Morgan fingerprint density at radius 2 is 1.91 bits per heavy atom. The molecule has 1 aliphatic rings. The first-order valence-electron chi connectivity index (χ1n) is 11.4.